The molecule has 1 saturated heterocycles. The van der Waals surface area contributed by atoms with Crippen LogP contribution >= 0.6 is 23.2 Å². The zero-order valence-corrected chi connectivity index (χ0v) is 18.4. The minimum atomic E-state index is -0.244. The van der Waals surface area contributed by atoms with Crippen molar-refractivity contribution in [3.63, 3.8) is 0 Å². The molecule has 1 unspecified atom stereocenters. The number of nitrogens with one attached hydrogen (secondary N) is 2. The van der Waals surface area contributed by atoms with Crippen LogP contribution in [0.4, 0.5) is 5.69 Å². The number of carbonyl (C=O) groups excluding carboxylic acids is 2. The number of piperazine rings is 1. The molecule has 1 aliphatic heterocycles. The minimum absolute atomic E-state index is 0.0279. The summed E-state index contributed by atoms with van der Waals surface area (Å²) in [7, 11) is 0. The van der Waals surface area contributed by atoms with Gasteiger partial charge in [-0.15, -0.1) is 0 Å². The van der Waals surface area contributed by atoms with Gasteiger partial charge >= 0.3 is 0 Å². The van der Waals surface area contributed by atoms with Crippen LogP contribution in [0.1, 0.15) is 12.5 Å². The van der Waals surface area contributed by atoms with Crippen molar-refractivity contribution in [3.05, 3.63) is 64.1 Å². The first-order valence-electron chi connectivity index (χ1n) is 9.96. The van der Waals surface area contributed by atoms with E-state index in [1.165, 1.54) is 0 Å². The van der Waals surface area contributed by atoms with E-state index in [1.54, 1.807) is 12.1 Å². The number of nitrogens with zero attached hydrogens (tertiary/aromatic N) is 2. The predicted molar refractivity (Wildman–Crippen MR) is 121 cm³/mol. The molecule has 0 radical (unpaired) electrons. The Labute approximate surface area is 187 Å². The first-order valence-corrected chi connectivity index (χ1v) is 10.7. The minimum Gasteiger partial charge on any atom is -0.351 e. The van der Waals surface area contributed by atoms with E-state index in [4.69, 9.17) is 23.2 Å². The number of hydrogen-bond donors (Lipinski definition) is 2. The van der Waals surface area contributed by atoms with Gasteiger partial charge in [-0.25, -0.2) is 0 Å². The molecule has 8 heteroatoms. The zero-order chi connectivity index (χ0) is 21.5. The Morgan fingerprint density at radius 1 is 0.967 bits per heavy atom. The summed E-state index contributed by atoms with van der Waals surface area (Å²) < 4.78 is 0. The maximum Gasteiger partial charge on any atom is 0.238 e. The van der Waals surface area contributed by atoms with E-state index in [-0.39, 0.29) is 17.9 Å². The lowest BCUT2D eigenvalue weighted by atomic mass is 10.2. The normalized spacial score (nSPS) is 16.1. The fraction of sp³-hybridized carbons (Fsp3) is 0.364. The van der Waals surface area contributed by atoms with Gasteiger partial charge in [0.15, 0.2) is 0 Å². The fourth-order valence-corrected chi connectivity index (χ4v) is 3.79. The SMILES string of the molecule is CC(C(=O)NCc1ccccc1Cl)N1CCN(CC(=O)Nc2ccccc2Cl)CC1. The van der Waals surface area contributed by atoms with Crippen LogP contribution in [0, 0.1) is 0 Å². The zero-order valence-electron chi connectivity index (χ0n) is 16.9. The number of benzene rings is 2. The molecule has 6 nitrogen and oxygen atoms in total. The number of amides is 2. The van der Waals surface area contributed by atoms with E-state index in [2.05, 4.69) is 20.4 Å². The van der Waals surface area contributed by atoms with Gasteiger partial charge in [-0.1, -0.05) is 53.5 Å². The first-order chi connectivity index (χ1) is 14.4. The second kappa shape index (κ2) is 10.8. The maximum absolute atomic E-state index is 12.5. The fourth-order valence-electron chi connectivity index (χ4n) is 3.40. The molecule has 2 N–H and O–H groups in total. The molecule has 0 aliphatic carbocycles. The van der Waals surface area contributed by atoms with Crippen LogP contribution in [-0.2, 0) is 16.1 Å². The lowest BCUT2D eigenvalue weighted by Gasteiger charge is -2.37. The summed E-state index contributed by atoms with van der Waals surface area (Å²) in [5.74, 6) is -0.123. The second-order valence-corrected chi connectivity index (χ2v) is 8.14. The third-order valence-corrected chi connectivity index (χ3v) is 5.96. The van der Waals surface area contributed by atoms with Crippen molar-refractivity contribution in [1.82, 2.24) is 15.1 Å². The molecule has 1 heterocycles. The Balaban J connectivity index is 1.42. The molecule has 2 aromatic rings. The van der Waals surface area contributed by atoms with Crippen LogP contribution in [0.25, 0.3) is 0 Å². The molecular formula is C22H26Cl2N4O2. The average Bonchev–Trinajstić information content (AvgIpc) is 2.74. The van der Waals surface area contributed by atoms with Gasteiger partial charge in [0.1, 0.15) is 0 Å². The van der Waals surface area contributed by atoms with Crippen molar-refractivity contribution >= 4 is 40.7 Å². The Hall–Kier alpha value is -2.12. The molecule has 2 aromatic carbocycles. The van der Waals surface area contributed by atoms with Crippen LogP contribution in [0.3, 0.4) is 0 Å². The summed E-state index contributed by atoms with van der Waals surface area (Å²) >= 11 is 12.2. The summed E-state index contributed by atoms with van der Waals surface area (Å²) in [6, 6.07) is 14.4. The van der Waals surface area contributed by atoms with Crippen molar-refractivity contribution in [2.75, 3.05) is 38.0 Å². The van der Waals surface area contributed by atoms with Gasteiger partial charge in [-0.05, 0) is 30.7 Å². The van der Waals surface area contributed by atoms with E-state index < -0.39 is 0 Å². The Morgan fingerprint density at radius 3 is 2.27 bits per heavy atom. The van der Waals surface area contributed by atoms with Crippen LogP contribution < -0.4 is 10.6 Å². The summed E-state index contributed by atoms with van der Waals surface area (Å²) in [6.45, 7) is 5.50. The highest BCUT2D eigenvalue weighted by Crippen LogP contribution is 2.20. The molecule has 30 heavy (non-hydrogen) atoms. The number of rotatable bonds is 7. The summed E-state index contributed by atoms with van der Waals surface area (Å²) in [5.41, 5.74) is 1.51. The van der Waals surface area contributed by atoms with Crippen molar-refractivity contribution in [2.24, 2.45) is 0 Å². The van der Waals surface area contributed by atoms with E-state index in [0.717, 1.165) is 31.7 Å². The van der Waals surface area contributed by atoms with E-state index in [9.17, 15) is 9.59 Å². The lowest BCUT2D eigenvalue weighted by Crippen LogP contribution is -2.54. The second-order valence-electron chi connectivity index (χ2n) is 7.33. The standard InChI is InChI=1S/C22H26Cl2N4O2/c1-16(22(30)25-14-17-6-2-3-7-18(17)23)28-12-10-27(11-13-28)15-21(29)26-20-9-5-4-8-19(20)24/h2-9,16H,10-15H2,1H3,(H,25,30)(H,26,29). The summed E-state index contributed by atoms with van der Waals surface area (Å²) in [4.78, 5) is 29.0. The van der Waals surface area contributed by atoms with Crippen molar-refractivity contribution in [3.8, 4) is 0 Å². The van der Waals surface area contributed by atoms with Crippen LogP contribution in [-0.4, -0.2) is 60.4 Å². The quantitative estimate of drug-likeness (QED) is 0.681. The molecule has 2 amide bonds. The van der Waals surface area contributed by atoms with Gasteiger partial charge in [0, 0.05) is 37.7 Å². The van der Waals surface area contributed by atoms with E-state index in [0.29, 0.717) is 28.8 Å². The number of para-hydroxylation sites is 1. The van der Waals surface area contributed by atoms with Crippen molar-refractivity contribution in [2.45, 2.75) is 19.5 Å². The molecule has 0 spiro atoms. The smallest absolute Gasteiger partial charge is 0.238 e. The maximum atomic E-state index is 12.5. The predicted octanol–water partition coefficient (Wildman–Crippen LogP) is 3.25. The first kappa shape index (κ1) is 22.6. The molecule has 160 valence electrons. The number of carbonyl (C=O) groups is 2. The topological polar surface area (TPSA) is 64.7 Å². The molecular weight excluding hydrogens is 423 g/mol. The molecule has 0 bridgehead atoms. The largest absolute Gasteiger partial charge is 0.351 e. The van der Waals surface area contributed by atoms with Crippen molar-refractivity contribution in [1.29, 1.82) is 0 Å². The number of anilines is 1. The molecule has 1 fully saturated rings. The molecule has 0 aromatic heterocycles. The Kier molecular flexibility index (Phi) is 8.10. The van der Waals surface area contributed by atoms with Gasteiger partial charge < -0.3 is 10.6 Å². The molecule has 0 saturated carbocycles. The van der Waals surface area contributed by atoms with Crippen molar-refractivity contribution < 1.29 is 9.59 Å². The summed E-state index contributed by atoms with van der Waals surface area (Å²) in [5, 5.41) is 6.97. The van der Waals surface area contributed by atoms with E-state index >= 15 is 0 Å². The average molecular weight is 449 g/mol. The van der Waals surface area contributed by atoms with Crippen LogP contribution in [0.2, 0.25) is 10.0 Å². The highest BCUT2D eigenvalue weighted by molar-refractivity contribution is 6.33. The Bertz CT molecular complexity index is 885. The Morgan fingerprint density at radius 2 is 1.60 bits per heavy atom. The van der Waals surface area contributed by atoms with Gasteiger partial charge in [-0.3, -0.25) is 19.4 Å². The molecule has 3 rings (SSSR count). The van der Waals surface area contributed by atoms with Crippen LogP contribution in [0.5, 0.6) is 0 Å². The van der Waals surface area contributed by atoms with Gasteiger partial charge in [0.05, 0.1) is 23.3 Å². The van der Waals surface area contributed by atoms with Crippen LogP contribution in [0.15, 0.2) is 48.5 Å². The third-order valence-electron chi connectivity index (χ3n) is 5.26. The van der Waals surface area contributed by atoms with E-state index in [1.807, 2.05) is 43.3 Å². The monoisotopic (exact) mass is 448 g/mol. The number of halogens is 2. The molecule has 1 atom stereocenters. The van der Waals surface area contributed by atoms with Gasteiger partial charge in [0.2, 0.25) is 11.8 Å². The summed E-state index contributed by atoms with van der Waals surface area (Å²) in [6.07, 6.45) is 0. The highest BCUT2D eigenvalue weighted by atomic mass is 35.5. The lowest BCUT2D eigenvalue weighted by molar-refractivity contribution is -0.127. The van der Waals surface area contributed by atoms with Gasteiger partial charge in [0.25, 0.3) is 0 Å². The highest BCUT2D eigenvalue weighted by Gasteiger charge is 2.26. The number of hydrogen-bond acceptors (Lipinski definition) is 4. The third kappa shape index (κ3) is 6.19. The van der Waals surface area contributed by atoms with Gasteiger partial charge in [-0.2, -0.15) is 0 Å². The molecule has 1 aliphatic rings.